The molecule has 1 amide bonds. The van der Waals surface area contributed by atoms with Crippen molar-refractivity contribution in [3.63, 3.8) is 0 Å². The van der Waals surface area contributed by atoms with Gasteiger partial charge in [-0.1, -0.05) is 37.3 Å². The fourth-order valence-corrected chi connectivity index (χ4v) is 2.22. The highest BCUT2D eigenvalue weighted by molar-refractivity contribution is 7.80. The highest BCUT2D eigenvalue weighted by Gasteiger charge is 2.44. The van der Waals surface area contributed by atoms with E-state index in [1.165, 1.54) is 0 Å². The maximum atomic E-state index is 11.8. The maximum Gasteiger partial charge on any atom is 0.255 e. The van der Waals surface area contributed by atoms with Crippen molar-refractivity contribution in [3.8, 4) is 0 Å². The number of carbonyl (C=O) groups excluding carboxylic acids is 1. The Labute approximate surface area is 129 Å². The Morgan fingerprint density at radius 3 is 2.52 bits per heavy atom. The van der Waals surface area contributed by atoms with Crippen LogP contribution in [0.3, 0.4) is 0 Å². The van der Waals surface area contributed by atoms with Crippen LogP contribution in [0.2, 0.25) is 0 Å². The molecular formula is C14H19N3O3S. The van der Waals surface area contributed by atoms with Gasteiger partial charge in [-0.25, -0.2) is 0 Å². The van der Waals surface area contributed by atoms with E-state index in [-0.39, 0.29) is 23.7 Å². The summed E-state index contributed by atoms with van der Waals surface area (Å²) in [5.41, 5.74) is 6.10. The van der Waals surface area contributed by atoms with E-state index in [0.717, 1.165) is 5.56 Å². The van der Waals surface area contributed by atoms with Crippen molar-refractivity contribution in [3.05, 3.63) is 35.9 Å². The molecule has 0 radical (unpaired) electrons. The molecule has 1 heterocycles. The van der Waals surface area contributed by atoms with Gasteiger partial charge < -0.3 is 14.8 Å². The Morgan fingerprint density at radius 1 is 1.29 bits per heavy atom. The molecule has 1 aromatic carbocycles. The highest BCUT2D eigenvalue weighted by Crippen LogP contribution is 2.28. The Balaban J connectivity index is 1.72. The molecule has 1 aliphatic rings. The summed E-state index contributed by atoms with van der Waals surface area (Å²) in [5.74, 6) is -1.08. The van der Waals surface area contributed by atoms with Gasteiger partial charge in [0.2, 0.25) is 5.91 Å². The summed E-state index contributed by atoms with van der Waals surface area (Å²) in [5, 5.41) is 3.13. The number of carbonyl (C=O) groups is 1. The van der Waals surface area contributed by atoms with Gasteiger partial charge in [0.05, 0.1) is 6.42 Å². The van der Waals surface area contributed by atoms with E-state index in [9.17, 15) is 4.79 Å². The first-order chi connectivity index (χ1) is 10.0. The molecule has 0 spiro atoms. The molecular weight excluding hydrogens is 290 g/mol. The molecule has 1 fully saturated rings. The largest absolute Gasteiger partial charge is 0.310 e. The Morgan fingerprint density at radius 2 is 1.95 bits per heavy atom. The molecule has 6 nitrogen and oxygen atoms in total. The van der Waals surface area contributed by atoms with Crippen LogP contribution in [-0.4, -0.2) is 23.2 Å². The monoisotopic (exact) mass is 309 g/mol. The van der Waals surface area contributed by atoms with Crippen molar-refractivity contribution in [2.24, 2.45) is 0 Å². The van der Waals surface area contributed by atoms with Gasteiger partial charge in [-0.3, -0.25) is 15.6 Å². The third-order valence-electron chi connectivity index (χ3n) is 3.01. The van der Waals surface area contributed by atoms with E-state index in [0.29, 0.717) is 6.42 Å². The molecule has 0 bridgehead atoms. The van der Waals surface area contributed by atoms with Crippen molar-refractivity contribution in [2.75, 3.05) is 0 Å². The summed E-state index contributed by atoms with van der Waals surface area (Å²) >= 11 is 5.09. The third kappa shape index (κ3) is 4.38. The number of thiocarbonyl (C=S) groups is 1. The van der Waals surface area contributed by atoms with Crippen LogP contribution in [0.15, 0.2) is 30.3 Å². The minimum atomic E-state index is -0.895. The van der Waals surface area contributed by atoms with Crippen LogP contribution < -0.4 is 16.2 Å². The average Bonchev–Trinajstić information content (AvgIpc) is 2.44. The van der Waals surface area contributed by atoms with Crippen molar-refractivity contribution in [1.82, 2.24) is 16.2 Å². The van der Waals surface area contributed by atoms with Crippen LogP contribution in [-0.2, 0) is 20.7 Å². The minimum Gasteiger partial charge on any atom is -0.310 e. The molecule has 1 aromatic rings. The van der Waals surface area contributed by atoms with Gasteiger partial charge in [-0.15, -0.1) is 0 Å². The lowest BCUT2D eigenvalue weighted by atomic mass is 10.1. The predicted molar refractivity (Wildman–Crippen MR) is 81.8 cm³/mol. The molecule has 2 rings (SSSR count). The third-order valence-corrected chi connectivity index (χ3v) is 3.21. The molecule has 0 saturated carbocycles. The standard InChI is InChI=1S/C14H19N3O3S/c1-3-14(19-10(2)20-14)15-13(21)17-16-12(18)9-11-7-5-4-6-8-11/h4-8,10H,3,9H2,1-2H3,(H,16,18)(H2,15,17,21). The first-order valence-electron chi connectivity index (χ1n) is 6.79. The number of ether oxygens (including phenoxy) is 2. The molecule has 1 aliphatic heterocycles. The Hall–Kier alpha value is -1.70. The fraction of sp³-hybridized carbons (Fsp3) is 0.429. The Kier molecular flexibility index (Phi) is 5.11. The summed E-state index contributed by atoms with van der Waals surface area (Å²) < 4.78 is 11.0. The first kappa shape index (κ1) is 15.7. The number of amides is 1. The average molecular weight is 309 g/mol. The fourth-order valence-electron chi connectivity index (χ4n) is 2.02. The molecule has 1 saturated heterocycles. The van der Waals surface area contributed by atoms with E-state index < -0.39 is 5.91 Å². The van der Waals surface area contributed by atoms with Gasteiger partial charge in [0.25, 0.3) is 5.91 Å². The lowest BCUT2D eigenvalue weighted by molar-refractivity contribution is -0.452. The SMILES string of the molecule is CCC1(NC(=S)NNC(=O)Cc2ccccc2)OC(C)O1. The minimum absolute atomic E-state index is 0.181. The summed E-state index contributed by atoms with van der Waals surface area (Å²) in [6.07, 6.45) is 0.615. The number of hydrogen-bond donors (Lipinski definition) is 3. The van der Waals surface area contributed by atoms with E-state index in [1.807, 2.05) is 37.3 Å². The molecule has 21 heavy (non-hydrogen) atoms. The van der Waals surface area contributed by atoms with Crippen molar-refractivity contribution in [2.45, 2.75) is 38.9 Å². The molecule has 0 aliphatic carbocycles. The molecule has 3 N–H and O–H groups in total. The molecule has 0 aromatic heterocycles. The van der Waals surface area contributed by atoms with Gasteiger partial charge in [0.15, 0.2) is 11.4 Å². The molecule has 7 heteroatoms. The van der Waals surface area contributed by atoms with E-state index in [1.54, 1.807) is 6.92 Å². The number of hydrogen-bond acceptors (Lipinski definition) is 4. The van der Waals surface area contributed by atoms with Gasteiger partial charge >= 0.3 is 0 Å². The Bertz CT molecular complexity index is 503. The lowest BCUT2D eigenvalue weighted by Crippen LogP contribution is -2.65. The van der Waals surface area contributed by atoms with Gasteiger partial charge in [0, 0.05) is 6.42 Å². The van der Waals surface area contributed by atoms with Gasteiger partial charge in [-0.05, 0) is 24.7 Å². The summed E-state index contributed by atoms with van der Waals surface area (Å²) in [4.78, 5) is 11.8. The summed E-state index contributed by atoms with van der Waals surface area (Å²) in [7, 11) is 0. The van der Waals surface area contributed by atoms with Crippen LogP contribution >= 0.6 is 12.2 Å². The van der Waals surface area contributed by atoms with E-state index in [4.69, 9.17) is 21.7 Å². The molecule has 114 valence electrons. The maximum absolute atomic E-state index is 11.8. The zero-order chi connectivity index (χ0) is 15.3. The normalized spacial score (nSPS) is 23.8. The van der Waals surface area contributed by atoms with Crippen molar-refractivity contribution < 1.29 is 14.3 Å². The number of hydrazine groups is 1. The number of rotatable bonds is 4. The zero-order valence-corrected chi connectivity index (χ0v) is 12.8. The van der Waals surface area contributed by atoms with Gasteiger partial charge in [0.1, 0.15) is 0 Å². The topological polar surface area (TPSA) is 71.6 Å². The highest BCUT2D eigenvalue weighted by atomic mass is 32.1. The molecule has 0 atom stereocenters. The second-order valence-corrected chi connectivity index (χ2v) is 5.11. The quantitative estimate of drug-likeness (QED) is 0.573. The predicted octanol–water partition coefficient (Wildman–Crippen LogP) is 1.18. The van der Waals surface area contributed by atoms with E-state index >= 15 is 0 Å². The van der Waals surface area contributed by atoms with Gasteiger partial charge in [-0.2, -0.15) is 0 Å². The van der Waals surface area contributed by atoms with Crippen molar-refractivity contribution >= 4 is 23.2 Å². The van der Waals surface area contributed by atoms with Crippen LogP contribution in [0, 0.1) is 0 Å². The smallest absolute Gasteiger partial charge is 0.255 e. The van der Waals surface area contributed by atoms with Crippen LogP contribution in [0.25, 0.3) is 0 Å². The zero-order valence-electron chi connectivity index (χ0n) is 12.0. The van der Waals surface area contributed by atoms with Crippen LogP contribution in [0.1, 0.15) is 25.8 Å². The second-order valence-electron chi connectivity index (χ2n) is 4.70. The van der Waals surface area contributed by atoms with Crippen LogP contribution in [0.5, 0.6) is 0 Å². The summed E-state index contributed by atoms with van der Waals surface area (Å²) in [6, 6.07) is 9.46. The number of benzene rings is 1. The first-order valence-corrected chi connectivity index (χ1v) is 7.20. The second kappa shape index (κ2) is 6.84. The van der Waals surface area contributed by atoms with E-state index in [2.05, 4.69) is 16.2 Å². The molecule has 0 unspecified atom stereocenters. The van der Waals surface area contributed by atoms with Crippen LogP contribution in [0.4, 0.5) is 0 Å². The lowest BCUT2D eigenvalue weighted by Gasteiger charge is -2.46. The summed E-state index contributed by atoms with van der Waals surface area (Å²) in [6.45, 7) is 3.71. The van der Waals surface area contributed by atoms with Crippen molar-refractivity contribution in [1.29, 1.82) is 0 Å². The number of nitrogens with one attached hydrogen (secondary N) is 3.